The minimum absolute atomic E-state index is 0.716. The zero-order chi connectivity index (χ0) is 8.81. The van der Waals surface area contributed by atoms with Gasteiger partial charge in [-0.15, -0.1) is 0 Å². The lowest BCUT2D eigenvalue weighted by Gasteiger charge is -2.06. The van der Waals surface area contributed by atoms with Crippen molar-refractivity contribution < 1.29 is 4.74 Å². The van der Waals surface area contributed by atoms with Crippen molar-refractivity contribution in [3.8, 4) is 5.75 Å². The standard InChI is InChI=1S/C9H11NOS/c1-11-9-5-3-2-4-8(9)6-10-7-12/h2-5,7H,6H2,1H3,(H,10,12). The summed E-state index contributed by atoms with van der Waals surface area (Å²) in [6.07, 6.45) is 0. The first kappa shape index (κ1) is 9.00. The quantitative estimate of drug-likeness (QED) is 0.715. The van der Waals surface area contributed by atoms with Gasteiger partial charge in [-0.3, -0.25) is 0 Å². The van der Waals surface area contributed by atoms with E-state index >= 15 is 0 Å². The Morgan fingerprint density at radius 3 is 2.92 bits per heavy atom. The molecule has 2 nitrogen and oxygen atoms in total. The number of hydrogen-bond acceptors (Lipinski definition) is 2. The fourth-order valence-corrected chi connectivity index (χ4v) is 1.08. The molecule has 64 valence electrons. The van der Waals surface area contributed by atoms with Gasteiger partial charge in [0.1, 0.15) is 5.75 Å². The number of benzene rings is 1. The number of nitrogens with one attached hydrogen (secondary N) is 1. The molecular weight excluding hydrogens is 170 g/mol. The van der Waals surface area contributed by atoms with Gasteiger partial charge in [-0.05, 0) is 6.07 Å². The third-order valence-electron chi connectivity index (χ3n) is 1.57. The van der Waals surface area contributed by atoms with Gasteiger partial charge in [0.05, 0.1) is 12.6 Å². The summed E-state index contributed by atoms with van der Waals surface area (Å²) in [5.41, 5.74) is 2.62. The SMILES string of the molecule is COc1ccccc1CNC=S. The molecule has 3 heteroatoms. The molecule has 0 aliphatic heterocycles. The van der Waals surface area contributed by atoms with Crippen molar-refractivity contribution in [1.82, 2.24) is 5.32 Å². The van der Waals surface area contributed by atoms with E-state index in [-0.39, 0.29) is 0 Å². The molecule has 0 fully saturated rings. The molecule has 1 rings (SSSR count). The Morgan fingerprint density at radius 1 is 1.50 bits per heavy atom. The van der Waals surface area contributed by atoms with Crippen molar-refractivity contribution in [1.29, 1.82) is 0 Å². The van der Waals surface area contributed by atoms with E-state index in [0.29, 0.717) is 6.54 Å². The average molecular weight is 181 g/mol. The predicted octanol–water partition coefficient (Wildman–Crippen LogP) is 1.74. The first-order valence-electron chi connectivity index (χ1n) is 3.67. The van der Waals surface area contributed by atoms with E-state index in [2.05, 4.69) is 17.5 Å². The molecule has 1 N–H and O–H groups in total. The summed E-state index contributed by atoms with van der Waals surface area (Å²) in [5.74, 6) is 0.891. The monoisotopic (exact) mass is 181 g/mol. The highest BCUT2D eigenvalue weighted by molar-refractivity contribution is 7.78. The molecule has 0 aliphatic carbocycles. The molecule has 0 atom stereocenters. The summed E-state index contributed by atoms with van der Waals surface area (Å²) in [6.45, 7) is 0.716. The summed E-state index contributed by atoms with van der Waals surface area (Å²) in [5, 5.41) is 2.95. The van der Waals surface area contributed by atoms with Gasteiger partial charge >= 0.3 is 0 Å². The van der Waals surface area contributed by atoms with Gasteiger partial charge in [0, 0.05) is 12.1 Å². The maximum Gasteiger partial charge on any atom is 0.123 e. The van der Waals surface area contributed by atoms with Crippen LogP contribution in [-0.2, 0) is 6.54 Å². The summed E-state index contributed by atoms with van der Waals surface area (Å²) in [7, 11) is 1.66. The van der Waals surface area contributed by atoms with Crippen LogP contribution < -0.4 is 10.1 Å². The Kier molecular flexibility index (Phi) is 3.54. The number of ether oxygens (including phenoxy) is 1. The van der Waals surface area contributed by atoms with Crippen molar-refractivity contribution in [2.75, 3.05) is 7.11 Å². The van der Waals surface area contributed by atoms with Crippen molar-refractivity contribution >= 4 is 17.7 Å². The number of methoxy groups -OCH3 is 1. The molecule has 0 amide bonds. The lowest BCUT2D eigenvalue weighted by Crippen LogP contribution is -2.09. The molecule has 0 unspecified atom stereocenters. The smallest absolute Gasteiger partial charge is 0.123 e. The lowest BCUT2D eigenvalue weighted by atomic mass is 10.2. The number of rotatable bonds is 4. The van der Waals surface area contributed by atoms with Gasteiger partial charge in [-0.1, -0.05) is 30.4 Å². The number of para-hydroxylation sites is 1. The van der Waals surface area contributed by atoms with Crippen molar-refractivity contribution in [2.24, 2.45) is 0 Å². The second-order valence-electron chi connectivity index (χ2n) is 2.31. The molecule has 0 spiro atoms. The van der Waals surface area contributed by atoms with Crippen molar-refractivity contribution in [2.45, 2.75) is 6.54 Å². The van der Waals surface area contributed by atoms with E-state index in [4.69, 9.17) is 4.74 Å². The van der Waals surface area contributed by atoms with E-state index in [0.717, 1.165) is 11.3 Å². The Balaban J connectivity index is 2.74. The third-order valence-corrected chi connectivity index (χ3v) is 1.74. The maximum absolute atomic E-state index is 5.15. The molecule has 0 aliphatic rings. The molecule has 0 bridgehead atoms. The van der Waals surface area contributed by atoms with E-state index < -0.39 is 0 Å². The van der Waals surface area contributed by atoms with E-state index in [1.807, 2.05) is 24.3 Å². The first-order chi connectivity index (χ1) is 5.88. The van der Waals surface area contributed by atoms with Crippen LogP contribution in [0.5, 0.6) is 5.75 Å². The second-order valence-corrected chi connectivity index (χ2v) is 2.55. The summed E-state index contributed by atoms with van der Waals surface area (Å²) in [4.78, 5) is 0. The highest BCUT2D eigenvalue weighted by Crippen LogP contribution is 2.16. The van der Waals surface area contributed by atoms with E-state index in [1.54, 1.807) is 7.11 Å². The number of hydrogen-bond donors (Lipinski definition) is 1. The lowest BCUT2D eigenvalue weighted by molar-refractivity contribution is 0.409. The van der Waals surface area contributed by atoms with Crippen LogP contribution in [0.15, 0.2) is 24.3 Å². The Bertz CT molecular complexity index is 262. The van der Waals surface area contributed by atoms with Gasteiger partial charge in [0.2, 0.25) is 0 Å². The Morgan fingerprint density at radius 2 is 2.25 bits per heavy atom. The molecule has 1 aromatic rings. The van der Waals surface area contributed by atoms with Crippen LogP contribution in [-0.4, -0.2) is 12.6 Å². The van der Waals surface area contributed by atoms with Crippen LogP contribution in [0.3, 0.4) is 0 Å². The van der Waals surface area contributed by atoms with Crippen LogP contribution in [0.1, 0.15) is 5.56 Å². The molecule has 0 radical (unpaired) electrons. The molecule has 0 saturated heterocycles. The Labute approximate surface area is 77.5 Å². The molecule has 0 aromatic heterocycles. The Hall–Kier alpha value is -1.09. The second kappa shape index (κ2) is 4.72. The predicted molar refractivity (Wildman–Crippen MR) is 53.5 cm³/mol. The minimum Gasteiger partial charge on any atom is -0.496 e. The van der Waals surface area contributed by atoms with Crippen LogP contribution in [0, 0.1) is 0 Å². The molecular formula is C9H11NOS. The molecule has 12 heavy (non-hydrogen) atoms. The first-order valence-corrected chi connectivity index (χ1v) is 4.14. The largest absolute Gasteiger partial charge is 0.496 e. The van der Waals surface area contributed by atoms with Gasteiger partial charge in [-0.2, -0.15) is 0 Å². The van der Waals surface area contributed by atoms with Crippen LogP contribution in [0.25, 0.3) is 0 Å². The van der Waals surface area contributed by atoms with Crippen LogP contribution in [0.4, 0.5) is 0 Å². The highest BCUT2D eigenvalue weighted by Gasteiger charge is 1.98. The van der Waals surface area contributed by atoms with Crippen LogP contribution in [0.2, 0.25) is 0 Å². The zero-order valence-electron chi connectivity index (χ0n) is 6.91. The fourth-order valence-electron chi connectivity index (χ4n) is 1.00. The normalized spacial score (nSPS) is 9.08. The van der Waals surface area contributed by atoms with E-state index in [9.17, 15) is 0 Å². The molecule has 0 heterocycles. The number of thiocarbonyl (C=S) groups is 1. The van der Waals surface area contributed by atoms with Gasteiger partial charge in [0.15, 0.2) is 0 Å². The van der Waals surface area contributed by atoms with Gasteiger partial charge in [0.25, 0.3) is 0 Å². The summed E-state index contributed by atoms with van der Waals surface area (Å²) >= 11 is 4.65. The van der Waals surface area contributed by atoms with Gasteiger partial charge in [-0.25, -0.2) is 0 Å². The van der Waals surface area contributed by atoms with Crippen molar-refractivity contribution in [3.63, 3.8) is 0 Å². The van der Waals surface area contributed by atoms with E-state index in [1.165, 1.54) is 5.49 Å². The van der Waals surface area contributed by atoms with Crippen molar-refractivity contribution in [3.05, 3.63) is 29.8 Å². The molecule has 1 aromatic carbocycles. The summed E-state index contributed by atoms with van der Waals surface area (Å²) < 4.78 is 5.15. The fraction of sp³-hybridized carbons (Fsp3) is 0.222. The summed E-state index contributed by atoms with van der Waals surface area (Å²) in [6, 6.07) is 7.85. The highest BCUT2D eigenvalue weighted by atomic mass is 32.1. The maximum atomic E-state index is 5.15. The molecule has 0 saturated carbocycles. The van der Waals surface area contributed by atoms with Gasteiger partial charge < -0.3 is 10.1 Å². The minimum atomic E-state index is 0.716. The zero-order valence-corrected chi connectivity index (χ0v) is 7.73. The topological polar surface area (TPSA) is 21.3 Å². The third kappa shape index (κ3) is 2.20. The van der Waals surface area contributed by atoms with Crippen LogP contribution >= 0.6 is 12.2 Å². The average Bonchev–Trinajstić information content (AvgIpc) is 2.15.